The Labute approximate surface area is 159 Å². The highest BCUT2D eigenvalue weighted by atomic mass is 16.5. The maximum atomic E-state index is 12.2. The molecule has 0 aromatic heterocycles. The number of hydrogen-bond donors (Lipinski definition) is 1. The van der Waals surface area contributed by atoms with Gasteiger partial charge < -0.3 is 24.3 Å². The van der Waals surface area contributed by atoms with Gasteiger partial charge in [-0.25, -0.2) is 9.59 Å². The maximum Gasteiger partial charge on any atom is 0.338 e. The summed E-state index contributed by atoms with van der Waals surface area (Å²) in [6.45, 7) is 5.41. The highest BCUT2D eigenvalue weighted by Gasteiger charge is 2.27. The van der Waals surface area contributed by atoms with Gasteiger partial charge in [0.25, 0.3) is 5.91 Å². The first kappa shape index (κ1) is 22.3. The molecule has 2 atom stereocenters. The van der Waals surface area contributed by atoms with Crippen molar-refractivity contribution in [3.8, 4) is 11.5 Å². The molecule has 1 amide bonds. The summed E-state index contributed by atoms with van der Waals surface area (Å²) in [6.07, 6.45) is 0.673. The molecular formula is C19H27NO7. The lowest BCUT2D eigenvalue weighted by molar-refractivity contribution is -0.147. The molecule has 0 aliphatic carbocycles. The fourth-order valence-electron chi connectivity index (χ4n) is 2.30. The van der Waals surface area contributed by atoms with Crippen LogP contribution in [0.1, 0.15) is 37.6 Å². The van der Waals surface area contributed by atoms with E-state index in [1.807, 2.05) is 20.8 Å². The first-order valence-corrected chi connectivity index (χ1v) is 8.72. The lowest BCUT2D eigenvalue weighted by Gasteiger charge is -2.21. The second kappa shape index (κ2) is 11.1. The van der Waals surface area contributed by atoms with Gasteiger partial charge in [-0.15, -0.1) is 0 Å². The Morgan fingerprint density at radius 1 is 1.11 bits per heavy atom. The van der Waals surface area contributed by atoms with E-state index in [9.17, 15) is 14.4 Å². The van der Waals surface area contributed by atoms with Crippen LogP contribution >= 0.6 is 0 Å². The van der Waals surface area contributed by atoms with Crippen molar-refractivity contribution in [3.05, 3.63) is 23.8 Å². The zero-order chi connectivity index (χ0) is 20.4. The minimum Gasteiger partial charge on any atom is -0.493 e. The van der Waals surface area contributed by atoms with Crippen LogP contribution in [0.15, 0.2) is 18.2 Å². The zero-order valence-electron chi connectivity index (χ0n) is 16.4. The Bertz CT molecular complexity index is 659. The van der Waals surface area contributed by atoms with Gasteiger partial charge >= 0.3 is 11.9 Å². The van der Waals surface area contributed by atoms with Crippen LogP contribution in [0.2, 0.25) is 0 Å². The monoisotopic (exact) mass is 381 g/mol. The highest BCUT2D eigenvalue weighted by Crippen LogP contribution is 2.28. The van der Waals surface area contributed by atoms with Gasteiger partial charge in [0, 0.05) is 0 Å². The van der Waals surface area contributed by atoms with Crippen LogP contribution in [0, 0.1) is 5.92 Å². The van der Waals surface area contributed by atoms with E-state index < -0.39 is 30.5 Å². The molecular weight excluding hydrogens is 354 g/mol. The number of methoxy groups -OCH3 is 2. The molecule has 1 rings (SSSR count). The Hall–Kier alpha value is -2.77. The number of rotatable bonds is 10. The third-order valence-corrected chi connectivity index (χ3v) is 4.02. The van der Waals surface area contributed by atoms with E-state index in [1.165, 1.54) is 26.4 Å². The molecule has 0 radical (unpaired) electrons. The lowest BCUT2D eigenvalue weighted by Crippen LogP contribution is -2.47. The fourth-order valence-corrected chi connectivity index (χ4v) is 2.30. The number of ether oxygens (including phenoxy) is 4. The molecule has 0 spiro atoms. The summed E-state index contributed by atoms with van der Waals surface area (Å²) in [4.78, 5) is 36.0. The second-order valence-electron chi connectivity index (χ2n) is 5.83. The van der Waals surface area contributed by atoms with Gasteiger partial charge in [-0.05, 0) is 31.0 Å². The SMILES string of the molecule is CCOc1cc(C(=O)OCC(=O)NC(C(=O)OC)C(C)CC)ccc1OC. The number of nitrogens with one attached hydrogen (secondary N) is 1. The molecule has 2 unspecified atom stereocenters. The van der Waals surface area contributed by atoms with Crippen molar-refractivity contribution in [2.45, 2.75) is 33.2 Å². The van der Waals surface area contributed by atoms with Crippen molar-refractivity contribution in [1.29, 1.82) is 0 Å². The van der Waals surface area contributed by atoms with Gasteiger partial charge in [0.15, 0.2) is 18.1 Å². The first-order chi connectivity index (χ1) is 12.9. The number of amides is 1. The number of hydrogen-bond acceptors (Lipinski definition) is 7. The predicted octanol–water partition coefficient (Wildman–Crippen LogP) is 1.95. The number of benzene rings is 1. The van der Waals surface area contributed by atoms with Crippen LogP contribution in [-0.4, -0.2) is 51.3 Å². The summed E-state index contributed by atoms with van der Waals surface area (Å²) < 4.78 is 20.3. The van der Waals surface area contributed by atoms with Crippen molar-refractivity contribution in [2.75, 3.05) is 27.4 Å². The molecule has 1 N–H and O–H groups in total. The van der Waals surface area contributed by atoms with Gasteiger partial charge in [0.05, 0.1) is 26.4 Å². The van der Waals surface area contributed by atoms with E-state index >= 15 is 0 Å². The third kappa shape index (κ3) is 6.47. The normalized spacial score (nSPS) is 12.5. The third-order valence-electron chi connectivity index (χ3n) is 4.02. The molecule has 0 saturated heterocycles. The fraction of sp³-hybridized carbons (Fsp3) is 0.526. The topological polar surface area (TPSA) is 100 Å². The van der Waals surface area contributed by atoms with E-state index in [0.29, 0.717) is 24.5 Å². The van der Waals surface area contributed by atoms with Gasteiger partial charge in [-0.1, -0.05) is 20.3 Å². The molecule has 150 valence electrons. The molecule has 8 nitrogen and oxygen atoms in total. The average molecular weight is 381 g/mol. The summed E-state index contributed by atoms with van der Waals surface area (Å²) in [5, 5.41) is 2.54. The number of carbonyl (C=O) groups excluding carboxylic acids is 3. The average Bonchev–Trinajstić information content (AvgIpc) is 2.69. The quantitative estimate of drug-likeness (QED) is 0.618. The summed E-state index contributed by atoms with van der Waals surface area (Å²) >= 11 is 0. The largest absolute Gasteiger partial charge is 0.493 e. The molecule has 27 heavy (non-hydrogen) atoms. The van der Waals surface area contributed by atoms with Gasteiger partial charge in [-0.3, -0.25) is 4.79 Å². The van der Waals surface area contributed by atoms with Crippen molar-refractivity contribution < 1.29 is 33.3 Å². The summed E-state index contributed by atoms with van der Waals surface area (Å²) in [5.74, 6) is -1.04. The van der Waals surface area contributed by atoms with Crippen molar-refractivity contribution in [1.82, 2.24) is 5.32 Å². The van der Waals surface area contributed by atoms with E-state index in [-0.39, 0.29) is 11.5 Å². The highest BCUT2D eigenvalue weighted by molar-refractivity contribution is 5.92. The number of esters is 2. The van der Waals surface area contributed by atoms with Crippen LogP contribution in [-0.2, 0) is 19.1 Å². The van der Waals surface area contributed by atoms with E-state index in [2.05, 4.69) is 5.32 Å². The molecule has 0 aliphatic rings. The van der Waals surface area contributed by atoms with Crippen LogP contribution in [0.25, 0.3) is 0 Å². The summed E-state index contributed by atoms with van der Waals surface area (Å²) in [6, 6.07) is 3.78. The smallest absolute Gasteiger partial charge is 0.338 e. The Morgan fingerprint density at radius 3 is 2.37 bits per heavy atom. The minimum absolute atomic E-state index is 0.118. The minimum atomic E-state index is -0.795. The lowest BCUT2D eigenvalue weighted by atomic mass is 9.99. The Morgan fingerprint density at radius 2 is 1.81 bits per heavy atom. The van der Waals surface area contributed by atoms with Crippen molar-refractivity contribution in [2.24, 2.45) is 5.92 Å². The van der Waals surface area contributed by atoms with Crippen LogP contribution in [0.4, 0.5) is 0 Å². The molecule has 0 fully saturated rings. The Balaban J connectivity index is 2.71. The van der Waals surface area contributed by atoms with Gasteiger partial charge in [-0.2, -0.15) is 0 Å². The van der Waals surface area contributed by atoms with Crippen molar-refractivity contribution in [3.63, 3.8) is 0 Å². The molecule has 1 aromatic carbocycles. The first-order valence-electron chi connectivity index (χ1n) is 8.72. The van der Waals surface area contributed by atoms with Crippen LogP contribution in [0.5, 0.6) is 11.5 Å². The standard InChI is InChI=1S/C19H27NO7/c1-6-12(3)17(19(23)25-5)20-16(21)11-27-18(22)13-8-9-14(24-4)15(10-13)26-7-2/h8-10,12,17H,6-7,11H2,1-5H3,(H,20,21). The predicted molar refractivity (Wildman–Crippen MR) is 97.8 cm³/mol. The molecule has 0 aliphatic heterocycles. The van der Waals surface area contributed by atoms with Gasteiger partial charge in [0.1, 0.15) is 6.04 Å². The molecule has 0 saturated carbocycles. The Kier molecular flexibility index (Phi) is 9.12. The zero-order valence-corrected chi connectivity index (χ0v) is 16.4. The van der Waals surface area contributed by atoms with E-state index in [4.69, 9.17) is 18.9 Å². The summed E-state index contributed by atoms with van der Waals surface area (Å²) in [7, 11) is 2.75. The van der Waals surface area contributed by atoms with E-state index in [0.717, 1.165) is 0 Å². The molecule has 1 aromatic rings. The molecule has 8 heteroatoms. The van der Waals surface area contributed by atoms with Crippen LogP contribution < -0.4 is 14.8 Å². The summed E-state index contributed by atoms with van der Waals surface area (Å²) in [5.41, 5.74) is 0.221. The van der Waals surface area contributed by atoms with Crippen molar-refractivity contribution >= 4 is 17.8 Å². The molecule has 0 heterocycles. The van der Waals surface area contributed by atoms with Crippen LogP contribution in [0.3, 0.4) is 0 Å². The maximum absolute atomic E-state index is 12.2. The van der Waals surface area contributed by atoms with Gasteiger partial charge in [0.2, 0.25) is 0 Å². The van der Waals surface area contributed by atoms with E-state index in [1.54, 1.807) is 6.07 Å². The number of carbonyl (C=O) groups is 3. The second-order valence-corrected chi connectivity index (χ2v) is 5.83. The molecule has 0 bridgehead atoms.